The molecule has 1 unspecified atom stereocenters. The molecule has 1 saturated carbocycles. The molecule has 1 aliphatic rings. The summed E-state index contributed by atoms with van der Waals surface area (Å²) in [6.07, 6.45) is 8.37. The van der Waals surface area contributed by atoms with Gasteiger partial charge in [-0.2, -0.15) is 0 Å². The highest BCUT2D eigenvalue weighted by Crippen LogP contribution is 2.21. The fourth-order valence-corrected chi connectivity index (χ4v) is 3.00. The summed E-state index contributed by atoms with van der Waals surface area (Å²) in [5, 5.41) is 3.32. The molecule has 0 amide bonds. The van der Waals surface area contributed by atoms with Crippen molar-refractivity contribution < 1.29 is 14.3 Å². The van der Waals surface area contributed by atoms with Crippen LogP contribution in [0.15, 0.2) is 0 Å². The summed E-state index contributed by atoms with van der Waals surface area (Å²) in [6.45, 7) is 6.73. The van der Waals surface area contributed by atoms with Crippen LogP contribution in [0.2, 0.25) is 0 Å². The van der Waals surface area contributed by atoms with Gasteiger partial charge in [-0.25, -0.2) is 0 Å². The maximum absolute atomic E-state index is 11.9. The molecule has 118 valence electrons. The highest BCUT2D eigenvalue weighted by molar-refractivity contribution is 5.80. The minimum atomic E-state index is -0.612. The normalized spacial score (nSPS) is 19.9. The molecule has 0 radical (unpaired) electrons. The highest BCUT2D eigenvalue weighted by atomic mass is 16.5. The first-order valence-corrected chi connectivity index (χ1v) is 7.95. The average Bonchev–Trinajstić information content (AvgIpc) is 2.43. The lowest BCUT2D eigenvalue weighted by Gasteiger charge is -2.30. The van der Waals surface area contributed by atoms with E-state index in [-0.39, 0.29) is 12.0 Å². The summed E-state index contributed by atoms with van der Waals surface area (Å²) in [6, 6.07) is 0.248. The average molecular weight is 285 g/mol. The molecule has 0 spiro atoms. The molecule has 1 rings (SSSR count). The van der Waals surface area contributed by atoms with E-state index in [1.807, 2.05) is 20.8 Å². The molecular weight excluding hydrogens is 254 g/mol. The number of nitrogens with one attached hydrogen (secondary N) is 1. The van der Waals surface area contributed by atoms with Crippen molar-refractivity contribution in [2.45, 2.75) is 83.4 Å². The van der Waals surface area contributed by atoms with Gasteiger partial charge in [0.1, 0.15) is 5.54 Å². The second kappa shape index (κ2) is 8.63. The van der Waals surface area contributed by atoms with Gasteiger partial charge < -0.3 is 9.47 Å². The van der Waals surface area contributed by atoms with E-state index < -0.39 is 5.54 Å². The van der Waals surface area contributed by atoms with Crippen molar-refractivity contribution in [3.63, 3.8) is 0 Å². The lowest BCUT2D eigenvalue weighted by molar-refractivity contribution is -0.148. The van der Waals surface area contributed by atoms with E-state index >= 15 is 0 Å². The van der Waals surface area contributed by atoms with Crippen molar-refractivity contribution in [2.24, 2.45) is 0 Å². The van der Waals surface area contributed by atoms with Gasteiger partial charge in [-0.15, -0.1) is 0 Å². The highest BCUT2D eigenvalue weighted by Gasteiger charge is 2.34. The number of hydrogen-bond donors (Lipinski definition) is 1. The fraction of sp³-hybridized carbons (Fsp3) is 0.938. The molecule has 1 N–H and O–H groups in total. The van der Waals surface area contributed by atoms with E-state index in [1.165, 1.54) is 39.2 Å². The van der Waals surface area contributed by atoms with E-state index in [9.17, 15) is 4.79 Å². The SMILES string of the molecule is COC(=O)C(C)(CCCOC1CCCCC1)NC(C)C. The molecule has 0 aromatic rings. The van der Waals surface area contributed by atoms with Crippen LogP contribution in [0, 0.1) is 0 Å². The van der Waals surface area contributed by atoms with Gasteiger partial charge in [-0.3, -0.25) is 10.1 Å². The van der Waals surface area contributed by atoms with Crippen molar-refractivity contribution >= 4 is 5.97 Å². The first-order valence-electron chi connectivity index (χ1n) is 7.95. The number of carbonyl (C=O) groups is 1. The number of ether oxygens (including phenoxy) is 2. The molecule has 0 heterocycles. The first-order chi connectivity index (χ1) is 9.48. The molecule has 0 aromatic heterocycles. The molecule has 0 saturated heterocycles. The fourth-order valence-electron chi connectivity index (χ4n) is 3.00. The lowest BCUT2D eigenvalue weighted by Crippen LogP contribution is -2.53. The van der Waals surface area contributed by atoms with E-state index in [0.717, 1.165) is 19.4 Å². The number of methoxy groups -OCH3 is 1. The second-order valence-corrected chi connectivity index (χ2v) is 6.36. The first kappa shape index (κ1) is 17.4. The van der Waals surface area contributed by atoms with Crippen molar-refractivity contribution in [1.82, 2.24) is 5.32 Å². The third kappa shape index (κ3) is 5.80. The Hall–Kier alpha value is -0.610. The summed E-state index contributed by atoms with van der Waals surface area (Å²) in [5.74, 6) is -0.191. The molecular formula is C16H31NO3. The Morgan fingerprint density at radius 1 is 1.30 bits per heavy atom. The van der Waals surface area contributed by atoms with Crippen LogP contribution in [-0.2, 0) is 14.3 Å². The predicted molar refractivity (Wildman–Crippen MR) is 80.8 cm³/mol. The van der Waals surface area contributed by atoms with Crippen LogP contribution in [0.5, 0.6) is 0 Å². The number of hydrogen-bond acceptors (Lipinski definition) is 4. The summed E-state index contributed by atoms with van der Waals surface area (Å²) in [4.78, 5) is 11.9. The third-order valence-corrected chi connectivity index (χ3v) is 3.97. The lowest BCUT2D eigenvalue weighted by atomic mass is 9.94. The minimum absolute atomic E-state index is 0.191. The van der Waals surface area contributed by atoms with Gasteiger partial charge in [0.2, 0.25) is 0 Å². The van der Waals surface area contributed by atoms with Gasteiger partial charge in [-0.1, -0.05) is 19.3 Å². The Morgan fingerprint density at radius 3 is 2.50 bits per heavy atom. The smallest absolute Gasteiger partial charge is 0.325 e. The Labute approximate surface area is 123 Å². The number of rotatable bonds is 8. The quantitative estimate of drug-likeness (QED) is 0.550. The van der Waals surface area contributed by atoms with Gasteiger partial charge in [0.15, 0.2) is 0 Å². The van der Waals surface area contributed by atoms with Gasteiger partial charge in [0.25, 0.3) is 0 Å². The number of esters is 1. The summed E-state index contributed by atoms with van der Waals surface area (Å²) < 4.78 is 10.8. The van der Waals surface area contributed by atoms with Crippen LogP contribution in [0.25, 0.3) is 0 Å². The molecule has 4 nitrogen and oxygen atoms in total. The van der Waals surface area contributed by atoms with Crippen molar-refractivity contribution in [3.05, 3.63) is 0 Å². The molecule has 1 fully saturated rings. The Morgan fingerprint density at radius 2 is 1.95 bits per heavy atom. The Bertz CT molecular complexity index is 287. The Balaban J connectivity index is 2.32. The zero-order valence-electron chi connectivity index (χ0n) is 13.5. The van der Waals surface area contributed by atoms with Crippen molar-refractivity contribution in [3.8, 4) is 0 Å². The summed E-state index contributed by atoms with van der Waals surface area (Å²) in [5.41, 5.74) is -0.612. The monoisotopic (exact) mass is 285 g/mol. The zero-order chi connectivity index (χ0) is 15.0. The van der Waals surface area contributed by atoms with Gasteiger partial charge >= 0.3 is 5.97 Å². The van der Waals surface area contributed by atoms with Crippen molar-refractivity contribution in [2.75, 3.05) is 13.7 Å². The maximum atomic E-state index is 11.9. The summed E-state index contributed by atoms with van der Waals surface area (Å²) in [7, 11) is 1.45. The van der Waals surface area contributed by atoms with Crippen LogP contribution in [-0.4, -0.2) is 37.4 Å². The van der Waals surface area contributed by atoms with Gasteiger partial charge in [-0.05, 0) is 46.5 Å². The standard InChI is InChI=1S/C16H31NO3/c1-13(2)17-16(3,15(18)19-4)11-8-12-20-14-9-6-5-7-10-14/h13-14,17H,5-12H2,1-4H3. The Kier molecular flexibility index (Phi) is 7.52. The van der Waals surface area contributed by atoms with Gasteiger partial charge in [0, 0.05) is 12.6 Å². The van der Waals surface area contributed by atoms with Crippen LogP contribution in [0.4, 0.5) is 0 Å². The van der Waals surface area contributed by atoms with Gasteiger partial charge in [0.05, 0.1) is 13.2 Å². The van der Waals surface area contributed by atoms with Crippen LogP contribution < -0.4 is 5.32 Å². The maximum Gasteiger partial charge on any atom is 0.325 e. The largest absolute Gasteiger partial charge is 0.468 e. The molecule has 1 aliphatic carbocycles. The van der Waals surface area contributed by atoms with E-state index in [4.69, 9.17) is 9.47 Å². The third-order valence-electron chi connectivity index (χ3n) is 3.97. The number of carbonyl (C=O) groups excluding carboxylic acids is 1. The van der Waals surface area contributed by atoms with Crippen LogP contribution >= 0.6 is 0 Å². The molecule has 0 aliphatic heterocycles. The predicted octanol–water partition coefficient (Wildman–Crippen LogP) is 3.05. The van der Waals surface area contributed by atoms with Crippen molar-refractivity contribution in [1.29, 1.82) is 0 Å². The van der Waals surface area contributed by atoms with Crippen LogP contribution in [0.3, 0.4) is 0 Å². The van der Waals surface area contributed by atoms with E-state index in [1.54, 1.807) is 0 Å². The summed E-state index contributed by atoms with van der Waals surface area (Å²) >= 11 is 0. The molecule has 0 aromatic carbocycles. The van der Waals surface area contributed by atoms with E-state index in [2.05, 4.69) is 5.32 Å². The molecule has 20 heavy (non-hydrogen) atoms. The van der Waals surface area contributed by atoms with E-state index in [0.29, 0.717) is 6.10 Å². The topological polar surface area (TPSA) is 47.6 Å². The zero-order valence-corrected chi connectivity index (χ0v) is 13.5. The molecule has 1 atom stereocenters. The molecule has 4 heteroatoms. The van der Waals surface area contributed by atoms with Crippen LogP contribution in [0.1, 0.15) is 65.7 Å². The molecule has 0 bridgehead atoms. The second-order valence-electron chi connectivity index (χ2n) is 6.36. The minimum Gasteiger partial charge on any atom is -0.468 e.